The lowest BCUT2D eigenvalue weighted by molar-refractivity contribution is 0.100. The standard InChI is InChI=1S/C19H20ClN5O2/c1-25(2)10-14(11-7-8-15(20)16(9-11)27-3)18-12-5-4-6-13(19(21)26)17(12)22-24-23-18/h4-9,14H,10H2,1-3H3,(H2,21,26). The van der Waals surface area contributed by atoms with Crippen molar-refractivity contribution in [2.45, 2.75) is 5.92 Å². The summed E-state index contributed by atoms with van der Waals surface area (Å²) in [7, 11) is 5.53. The third-order valence-corrected chi connectivity index (χ3v) is 4.64. The van der Waals surface area contributed by atoms with Crippen molar-refractivity contribution < 1.29 is 9.53 Å². The van der Waals surface area contributed by atoms with Crippen LogP contribution in [-0.4, -0.2) is 54.0 Å². The van der Waals surface area contributed by atoms with Crippen molar-refractivity contribution in [3.63, 3.8) is 0 Å². The van der Waals surface area contributed by atoms with Gasteiger partial charge in [-0.1, -0.05) is 29.8 Å². The summed E-state index contributed by atoms with van der Waals surface area (Å²) in [6.45, 7) is 0.666. The Morgan fingerprint density at radius 3 is 2.70 bits per heavy atom. The average molecular weight is 386 g/mol. The van der Waals surface area contributed by atoms with E-state index in [1.807, 2.05) is 32.3 Å². The van der Waals surface area contributed by atoms with Crippen LogP contribution >= 0.6 is 11.6 Å². The minimum Gasteiger partial charge on any atom is -0.495 e. The van der Waals surface area contributed by atoms with Crippen molar-refractivity contribution >= 4 is 28.4 Å². The zero-order valence-electron chi connectivity index (χ0n) is 15.3. The number of aromatic nitrogens is 3. The quantitative estimate of drug-likeness (QED) is 0.700. The van der Waals surface area contributed by atoms with Crippen LogP contribution in [0.25, 0.3) is 10.9 Å². The number of halogens is 1. The fraction of sp³-hybridized carbons (Fsp3) is 0.263. The number of benzene rings is 2. The summed E-state index contributed by atoms with van der Waals surface area (Å²) < 4.78 is 5.36. The van der Waals surface area contributed by atoms with Gasteiger partial charge in [-0.25, -0.2) is 0 Å². The first-order chi connectivity index (χ1) is 12.9. The number of nitrogens with zero attached hydrogens (tertiary/aromatic N) is 4. The molecule has 0 aliphatic rings. The molecule has 8 heteroatoms. The molecule has 0 aliphatic heterocycles. The van der Waals surface area contributed by atoms with Crippen LogP contribution in [0.2, 0.25) is 5.02 Å². The Labute approximate surface area is 162 Å². The topological polar surface area (TPSA) is 94.2 Å². The Morgan fingerprint density at radius 2 is 2.04 bits per heavy atom. The van der Waals surface area contributed by atoms with Crippen molar-refractivity contribution in [3.05, 3.63) is 58.2 Å². The molecule has 1 amide bonds. The normalized spacial score (nSPS) is 12.3. The Hall–Kier alpha value is -2.77. The summed E-state index contributed by atoms with van der Waals surface area (Å²) in [4.78, 5) is 13.8. The fourth-order valence-electron chi connectivity index (χ4n) is 3.09. The highest BCUT2D eigenvalue weighted by Gasteiger charge is 2.23. The van der Waals surface area contributed by atoms with Crippen molar-refractivity contribution in [2.75, 3.05) is 27.7 Å². The lowest BCUT2D eigenvalue weighted by Gasteiger charge is -2.22. The fourth-order valence-corrected chi connectivity index (χ4v) is 3.29. The van der Waals surface area contributed by atoms with Crippen LogP contribution in [0.1, 0.15) is 27.5 Å². The second-order valence-corrected chi connectivity index (χ2v) is 6.86. The largest absolute Gasteiger partial charge is 0.495 e. The third-order valence-electron chi connectivity index (χ3n) is 4.33. The Kier molecular flexibility index (Phi) is 5.53. The highest BCUT2D eigenvalue weighted by atomic mass is 35.5. The Morgan fingerprint density at radius 1 is 1.26 bits per heavy atom. The van der Waals surface area contributed by atoms with Gasteiger partial charge in [-0.15, -0.1) is 10.2 Å². The van der Waals surface area contributed by atoms with E-state index in [1.165, 1.54) is 0 Å². The zero-order chi connectivity index (χ0) is 19.6. The summed E-state index contributed by atoms with van der Waals surface area (Å²) in [6, 6.07) is 10.9. The molecule has 0 bridgehead atoms. The molecule has 27 heavy (non-hydrogen) atoms. The van der Waals surface area contributed by atoms with Gasteiger partial charge in [0.25, 0.3) is 5.91 Å². The minimum absolute atomic E-state index is 0.132. The molecule has 1 atom stereocenters. The maximum atomic E-state index is 11.8. The first kappa shape index (κ1) is 19.0. The molecule has 0 saturated carbocycles. The second-order valence-electron chi connectivity index (χ2n) is 6.45. The van der Waals surface area contributed by atoms with E-state index in [0.29, 0.717) is 34.1 Å². The molecule has 0 radical (unpaired) electrons. The van der Waals surface area contributed by atoms with E-state index in [2.05, 4.69) is 20.3 Å². The lowest BCUT2D eigenvalue weighted by atomic mass is 9.92. The summed E-state index contributed by atoms with van der Waals surface area (Å²) in [5.41, 5.74) is 7.93. The minimum atomic E-state index is -0.552. The number of rotatable bonds is 6. The second kappa shape index (κ2) is 7.85. The van der Waals surface area contributed by atoms with Crippen molar-refractivity contribution in [1.82, 2.24) is 20.3 Å². The number of hydrogen-bond donors (Lipinski definition) is 1. The molecule has 2 N–H and O–H groups in total. The Bertz CT molecular complexity index is 993. The van der Waals surface area contributed by atoms with E-state index in [-0.39, 0.29) is 5.92 Å². The summed E-state index contributed by atoms with van der Waals surface area (Å²) in [5.74, 6) is -0.0984. The molecule has 7 nitrogen and oxygen atoms in total. The molecule has 0 aliphatic carbocycles. The van der Waals surface area contributed by atoms with Crippen LogP contribution in [-0.2, 0) is 0 Å². The first-order valence-electron chi connectivity index (χ1n) is 8.32. The van der Waals surface area contributed by atoms with Gasteiger partial charge in [-0.2, -0.15) is 0 Å². The molecule has 3 aromatic rings. The van der Waals surface area contributed by atoms with Gasteiger partial charge in [-0.3, -0.25) is 4.79 Å². The van der Waals surface area contributed by atoms with E-state index in [9.17, 15) is 4.79 Å². The molecular weight excluding hydrogens is 366 g/mol. The number of likely N-dealkylation sites (N-methyl/N-ethyl adjacent to an activating group) is 1. The van der Waals surface area contributed by atoms with Crippen molar-refractivity contribution in [1.29, 1.82) is 0 Å². The van der Waals surface area contributed by atoms with Gasteiger partial charge in [0.1, 0.15) is 11.3 Å². The summed E-state index contributed by atoms with van der Waals surface area (Å²) in [5, 5.41) is 13.5. The monoisotopic (exact) mass is 385 g/mol. The molecule has 0 spiro atoms. The number of primary amides is 1. The van der Waals surface area contributed by atoms with Crippen LogP contribution in [0, 0.1) is 0 Å². The first-order valence-corrected chi connectivity index (χ1v) is 8.70. The van der Waals surface area contributed by atoms with E-state index >= 15 is 0 Å². The van der Waals surface area contributed by atoms with Crippen LogP contribution in [0.3, 0.4) is 0 Å². The van der Waals surface area contributed by atoms with Crippen molar-refractivity contribution in [2.24, 2.45) is 5.73 Å². The molecule has 2 aromatic carbocycles. The number of hydrogen-bond acceptors (Lipinski definition) is 6. The van der Waals surface area contributed by atoms with Crippen LogP contribution < -0.4 is 10.5 Å². The number of nitrogens with two attached hydrogens (primary N) is 1. The van der Waals surface area contributed by atoms with Gasteiger partial charge >= 0.3 is 0 Å². The number of carbonyl (C=O) groups is 1. The van der Waals surface area contributed by atoms with Gasteiger partial charge in [0, 0.05) is 17.8 Å². The van der Waals surface area contributed by atoms with Gasteiger partial charge in [0.2, 0.25) is 0 Å². The van der Waals surface area contributed by atoms with Crippen molar-refractivity contribution in [3.8, 4) is 5.75 Å². The van der Waals surface area contributed by atoms with E-state index < -0.39 is 5.91 Å². The predicted molar refractivity (Wildman–Crippen MR) is 104 cm³/mol. The highest BCUT2D eigenvalue weighted by Crippen LogP contribution is 2.34. The van der Waals surface area contributed by atoms with Gasteiger partial charge in [0.15, 0.2) is 0 Å². The predicted octanol–water partition coefficient (Wildman–Crippen LogP) is 2.48. The molecule has 1 aromatic heterocycles. The van der Waals surface area contributed by atoms with E-state index in [4.69, 9.17) is 22.1 Å². The van der Waals surface area contributed by atoms with Gasteiger partial charge in [-0.05, 0) is 43.1 Å². The number of amides is 1. The maximum Gasteiger partial charge on any atom is 0.250 e. The summed E-state index contributed by atoms with van der Waals surface area (Å²) in [6.07, 6.45) is 0. The molecule has 0 fully saturated rings. The SMILES string of the molecule is COc1cc(C(CN(C)C)c2nnnc3c(C(N)=O)cccc23)ccc1Cl. The Balaban J connectivity index is 2.22. The van der Waals surface area contributed by atoms with E-state index in [0.717, 1.165) is 10.9 Å². The average Bonchev–Trinajstić information content (AvgIpc) is 2.65. The van der Waals surface area contributed by atoms with Crippen LogP contribution in [0.4, 0.5) is 0 Å². The van der Waals surface area contributed by atoms with Crippen LogP contribution in [0.15, 0.2) is 36.4 Å². The van der Waals surface area contributed by atoms with E-state index in [1.54, 1.807) is 25.3 Å². The number of fused-ring (bicyclic) bond motifs is 1. The highest BCUT2D eigenvalue weighted by molar-refractivity contribution is 6.32. The number of carbonyl (C=O) groups excluding carboxylic acids is 1. The molecule has 1 heterocycles. The molecule has 0 saturated heterocycles. The lowest BCUT2D eigenvalue weighted by Crippen LogP contribution is -2.23. The maximum absolute atomic E-state index is 11.8. The van der Waals surface area contributed by atoms with Gasteiger partial charge < -0.3 is 15.4 Å². The summed E-state index contributed by atoms with van der Waals surface area (Å²) >= 11 is 6.18. The van der Waals surface area contributed by atoms with Crippen LogP contribution in [0.5, 0.6) is 5.75 Å². The number of ether oxygens (including phenoxy) is 1. The molecular formula is C19H20ClN5O2. The molecule has 1 unspecified atom stereocenters. The third kappa shape index (κ3) is 3.84. The molecule has 140 valence electrons. The van der Waals surface area contributed by atoms with Gasteiger partial charge in [0.05, 0.1) is 23.4 Å². The smallest absolute Gasteiger partial charge is 0.250 e. The molecule has 3 rings (SSSR count). The zero-order valence-corrected chi connectivity index (χ0v) is 16.1. The number of methoxy groups -OCH3 is 1.